The summed E-state index contributed by atoms with van der Waals surface area (Å²) < 4.78 is 29.2. The molecule has 0 aliphatic carbocycles. The number of esters is 1. The van der Waals surface area contributed by atoms with Gasteiger partial charge in [0.1, 0.15) is 0 Å². The third kappa shape index (κ3) is 5.53. The quantitative estimate of drug-likeness (QED) is 0.533. The molecule has 0 saturated carbocycles. The number of carbonyl (C=O) groups excluding carboxylic acids is 2. The highest BCUT2D eigenvalue weighted by molar-refractivity contribution is 14.1. The van der Waals surface area contributed by atoms with E-state index in [9.17, 15) is 18.0 Å². The summed E-state index contributed by atoms with van der Waals surface area (Å²) in [5, 5.41) is 2.61. The predicted molar refractivity (Wildman–Crippen MR) is 102 cm³/mol. The maximum absolute atomic E-state index is 12.1. The third-order valence-electron chi connectivity index (χ3n) is 3.32. The number of sulfone groups is 1. The highest BCUT2D eigenvalue weighted by Gasteiger charge is 2.16. The Morgan fingerprint density at radius 2 is 1.76 bits per heavy atom. The summed E-state index contributed by atoms with van der Waals surface area (Å²) in [5.74, 6) is -1.23. The number of aryl methyl sites for hydroxylation is 1. The average Bonchev–Trinajstić information content (AvgIpc) is 2.54. The van der Waals surface area contributed by atoms with E-state index in [1.54, 1.807) is 19.1 Å². The van der Waals surface area contributed by atoms with Crippen molar-refractivity contribution in [1.82, 2.24) is 0 Å². The van der Waals surface area contributed by atoms with Crippen molar-refractivity contribution in [2.45, 2.75) is 11.8 Å². The normalized spacial score (nSPS) is 11.0. The molecule has 0 aliphatic rings. The molecule has 0 heterocycles. The number of nitrogens with one attached hydrogen (secondary N) is 1. The average molecular weight is 473 g/mol. The molecule has 0 atom stereocenters. The van der Waals surface area contributed by atoms with Gasteiger partial charge in [-0.05, 0) is 71.5 Å². The fraction of sp³-hybridized carbons (Fsp3) is 0.176. The highest BCUT2D eigenvalue weighted by Crippen LogP contribution is 2.17. The van der Waals surface area contributed by atoms with E-state index < -0.39 is 28.3 Å². The summed E-state index contributed by atoms with van der Waals surface area (Å²) in [6.07, 6.45) is 1.06. The van der Waals surface area contributed by atoms with Gasteiger partial charge in [0.25, 0.3) is 5.91 Å². The molecule has 1 N–H and O–H groups in total. The first-order chi connectivity index (χ1) is 11.7. The first-order valence-corrected chi connectivity index (χ1v) is 10.2. The molecule has 8 heteroatoms. The zero-order chi connectivity index (χ0) is 18.6. The molecule has 0 spiro atoms. The number of hydrogen-bond acceptors (Lipinski definition) is 5. The summed E-state index contributed by atoms with van der Waals surface area (Å²) >= 11 is 2.15. The number of anilines is 1. The van der Waals surface area contributed by atoms with Crippen LogP contribution >= 0.6 is 22.6 Å². The Labute approximate surface area is 159 Å². The Hall–Kier alpha value is -1.94. The second-order valence-corrected chi connectivity index (χ2v) is 8.64. The molecule has 0 unspecified atom stereocenters. The van der Waals surface area contributed by atoms with E-state index in [1.165, 1.54) is 18.2 Å². The van der Waals surface area contributed by atoms with Gasteiger partial charge in [-0.25, -0.2) is 13.2 Å². The van der Waals surface area contributed by atoms with Crippen LogP contribution in [0.1, 0.15) is 15.9 Å². The highest BCUT2D eigenvalue weighted by atomic mass is 127. The molecule has 2 rings (SSSR count). The molecule has 0 radical (unpaired) electrons. The molecule has 132 valence electrons. The Bertz CT molecular complexity index is 907. The van der Waals surface area contributed by atoms with Crippen LogP contribution in [-0.4, -0.2) is 33.2 Å². The topological polar surface area (TPSA) is 89.5 Å². The monoisotopic (exact) mass is 473 g/mol. The van der Waals surface area contributed by atoms with Gasteiger partial charge in [0.15, 0.2) is 16.4 Å². The fourth-order valence-electron chi connectivity index (χ4n) is 1.99. The molecule has 0 bridgehead atoms. The van der Waals surface area contributed by atoms with E-state index in [1.807, 2.05) is 12.1 Å². The van der Waals surface area contributed by atoms with Gasteiger partial charge in [0.2, 0.25) is 0 Å². The third-order valence-corrected chi connectivity index (χ3v) is 5.15. The maximum Gasteiger partial charge on any atom is 0.338 e. The van der Waals surface area contributed by atoms with E-state index in [0.717, 1.165) is 9.83 Å². The summed E-state index contributed by atoms with van der Waals surface area (Å²) in [5.41, 5.74) is 1.28. The molecule has 1 amide bonds. The van der Waals surface area contributed by atoms with E-state index >= 15 is 0 Å². The van der Waals surface area contributed by atoms with E-state index in [0.29, 0.717) is 11.3 Å². The van der Waals surface area contributed by atoms with Crippen molar-refractivity contribution in [1.29, 1.82) is 0 Å². The van der Waals surface area contributed by atoms with Crippen LogP contribution in [0.4, 0.5) is 5.69 Å². The molecule has 2 aromatic rings. The Balaban J connectivity index is 2.02. The first-order valence-electron chi connectivity index (χ1n) is 7.20. The lowest BCUT2D eigenvalue weighted by Crippen LogP contribution is -2.21. The van der Waals surface area contributed by atoms with Gasteiger partial charge in [-0.1, -0.05) is 6.07 Å². The van der Waals surface area contributed by atoms with Crippen molar-refractivity contribution < 1.29 is 22.7 Å². The molecule has 0 saturated heterocycles. The summed E-state index contributed by atoms with van der Waals surface area (Å²) in [7, 11) is -3.44. The fourth-order valence-corrected chi connectivity index (χ4v) is 3.00. The van der Waals surface area contributed by atoms with Crippen LogP contribution in [0.5, 0.6) is 0 Å². The number of halogens is 1. The van der Waals surface area contributed by atoms with Crippen LogP contribution in [0.2, 0.25) is 0 Å². The zero-order valence-electron chi connectivity index (χ0n) is 13.6. The van der Waals surface area contributed by atoms with Gasteiger partial charge in [0, 0.05) is 15.5 Å². The van der Waals surface area contributed by atoms with Crippen molar-refractivity contribution in [3.8, 4) is 0 Å². The van der Waals surface area contributed by atoms with Crippen LogP contribution in [0.3, 0.4) is 0 Å². The van der Waals surface area contributed by atoms with Gasteiger partial charge in [-0.2, -0.15) is 0 Å². The lowest BCUT2D eigenvalue weighted by atomic mass is 10.1. The second kappa shape index (κ2) is 7.96. The Kier molecular flexibility index (Phi) is 6.17. The van der Waals surface area contributed by atoms with Crippen LogP contribution < -0.4 is 5.32 Å². The number of carbonyl (C=O) groups is 2. The number of rotatable bonds is 5. The van der Waals surface area contributed by atoms with E-state index in [2.05, 4.69) is 27.9 Å². The molecule has 0 aliphatic heterocycles. The minimum atomic E-state index is -3.44. The van der Waals surface area contributed by atoms with E-state index in [4.69, 9.17) is 4.74 Å². The SMILES string of the molecule is Cc1ccc(S(C)(=O)=O)cc1C(=O)OCC(=O)Nc1ccc(I)cc1. The number of hydrogen-bond donors (Lipinski definition) is 1. The smallest absolute Gasteiger partial charge is 0.338 e. The van der Waals surface area contributed by atoms with Crippen LogP contribution in [0.25, 0.3) is 0 Å². The van der Waals surface area contributed by atoms with Crippen molar-refractivity contribution >= 4 is 50.0 Å². The van der Waals surface area contributed by atoms with Crippen LogP contribution in [0.15, 0.2) is 47.4 Å². The molecule has 0 fully saturated rings. The largest absolute Gasteiger partial charge is 0.452 e. The number of amides is 1. The Morgan fingerprint density at radius 3 is 2.36 bits per heavy atom. The van der Waals surface area contributed by atoms with E-state index in [-0.39, 0.29) is 10.5 Å². The molecule has 0 aromatic heterocycles. The van der Waals surface area contributed by atoms with Crippen molar-refractivity contribution in [3.63, 3.8) is 0 Å². The number of benzene rings is 2. The standard InChI is InChI=1S/C17H16INO5S/c1-11-3-8-14(25(2,22)23)9-15(11)17(21)24-10-16(20)19-13-6-4-12(18)5-7-13/h3-9H,10H2,1-2H3,(H,19,20). The van der Waals surface area contributed by atoms with Gasteiger partial charge in [-0.15, -0.1) is 0 Å². The van der Waals surface area contributed by atoms with Gasteiger partial charge < -0.3 is 10.1 Å². The van der Waals surface area contributed by atoms with Gasteiger partial charge in [0.05, 0.1) is 10.5 Å². The Morgan fingerprint density at radius 1 is 1.12 bits per heavy atom. The van der Waals surface area contributed by atoms with Crippen molar-refractivity contribution in [2.75, 3.05) is 18.2 Å². The summed E-state index contributed by atoms with van der Waals surface area (Å²) in [6, 6.07) is 11.3. The second-order valence-electron chi connectivity index (χ2n) is 5.38. The minimum Gasteiger partial charge on any atom is -0.452 e. The molecular formula is C17H16INO5S. The van der Waals surface area contributed by atoms with Crippen molar-refractivity contribution in [3.05, 3.63) is 57.2 Å². The van der Waals surface area contributed by atoms with Crippen LogP contribution in [0, 0.1) is 10.5 Å². The van der Waals surface area contributed by atoms with Gasteiger partial charge in [-0.3, -0.25) is 4.79 Å². The predicted octanol–water partition coefficient (Wildman–Crippen LogP) is 2.80. The molecule has 2 aromatic carbocycles. The minimum absolute atomic E-state index is 0.0217. The molecule has 25 heavy (non-hydrogen) atoms. The zero-order valence-corrected chi connectivity index (χ0v) is 16.6. The van der Waals surface area contributed by atoms with Gasteiger partial charge >= 0.3 is 5.97 Å². The maximum atomic E-state index is 12.1. The summed E-state index contributed by atoms with van der Waals surface area (Å²) in [4.78, 5) is 24.0. The summed E-state index contributed by atoms with van der Waals surface area (Å²) in [6.45, 7) is 1.20. The lowest BCUT2D eigenvalue weighted by Gasteiger charge is -2.09. The molecular weight excluding hydrogens is 457 g/mol. The lowest BCUT2D eigenvalue weighted by molar-refractivity contribution is -0.119. The number of ether oxygens (including phenoxy) is 1. The molecule has 6 nitrogen and oxygen atoms in total. The van der Waals surface area contributed by atoms with Crippen LogP contribution in [-0.2, 0) is 19.4 Å². The van der Waals surface area contributed by atoms with Crippen molar-refractivity contribution in [2.24, 2.45) is 0 Å². The first kappa shape index (κ1) is 19.4.